The van der Waals surface area contributed by atoms with Crippen molar-refractivity contribution in [3.8, 4) is 17.3 Å². The number of hydrogen-bond acceptors (Lipinski definition) is 8. The zero-order chi connectivity index (χ0) is 29.2. The highest BCUT2D eigenvalue weighted by Gasteiger charge is 2.60. The van der Waals surface area contributed by atoms with Gasteiger partial charge in [-0.15, -0.1) is 11.3 Å². The smallest absolute Gasteiger partial charge is 0.151 e. The van der Waals surface area contributed by atoms with Crippen molar-refractivity contribution in [1.29, 1.82) is 5.26 Å². The number of halogens is 3. The van der Waals surface area contributed by atoms with E-state index in [9.17, 15) is 14.8 Å². The number of thiazole rings is 1. The van der Waals surface area contributed by atoms with E-state index in [-0.39, 0.29) is 35.4 Å². The molecule has 2 atom stereocenters. The minimum atomic E-state index is -1.21. The maximum Gasteiger partial charge on any atom is 0.151 e. The molecule has 2 heterocycles. The summed E-state index contributed by atoms with van der Waals surface area (Å²) < 4.78 is 33.7. The third-order valence-corrected chi connectivity index (χ3v) is 10.9. The van der Waals surface area contributed by atoms with Crippen LogP contribution in [-0.4, -0.2) is 34.6 Å². The van der Waals surface area contributed by atoms with Gasteiger partial charge in [0.25, 0.3) is 0 Å². The van der Waals surface area contributed by atoms with Gasteiger partial charge in [0.1, 0.15) is 27.6 Å². The van der Waals surface area contributed by atoms with Gasteiger partial charge in [0.15, 0.2) is 5.82 Å². The summed E-state index contributed by atoms with van der Waals surface area (Å²) in [6, 6.07) is 10.2. The van der Waals surface area contributed by atoms with Crippen LogP contribution in [0, 0.1) is 29.0 Å². The van der Waals surface area contributed by atoms with E-state index in [4.69, 9.17) is 37.2 Å². The van der Waals surface area contributed by atoms with Crippen molar-refractivity contribution in [1.82, 2.24) is 10.1 Å². The second-order valence-electron chi connectivity index (χ2n) is 11.8. The highest BCUT2D eigenvalue weighted by Crippen LogP contribution is 2.60. The molecule has 3 aliphatic carbocycles. The number of nitrogens with zero attached hydrogens (tertiary/aromatic N) is 3. The van der Waals surface area contributed by atoms with E-state index in [2.05, 4.69) is 10.1 Å². The van der Waals surface area contributed by atoms with E-state index in [1.165, 1.54) is 17.4 Å². The fourth-order valence-corrected chi connectivity index (χ4v) is 8.90. The Hall–Kier alpha value is -2.58. The summed E-state index contributed by atoms with van der Waals surface area (Å²) >= 11 is 14.4. The van der Waals surface area contributed by atoms with E-state index < -0.39 is 17.0 Å². The van der Waals surface area contributed by atoms with Crippen molar-refractivity contribution in [3.63, 3.8) is 0 Å². The summed E-state index contributed by atoms with van der Waals surface area (Å²) in [5.41, 5.74) is 0.598. The van der Waals surface area contributed by atoms with Crippen LogP contribution in [-0.2, 0) is 21.7 Å². The second-order valence-corrected chi connectivity index (χ2v) is 13.6. The van der Waals surface area contributed by atoms with Crippen LogP contribution >= 0.6 is 34.5 Å². The van der Waals surface area contributed by atoms with Gasteiger partial charge in [-0.1, -0.05) is 34.4 Å². The average molecular weight is 629 g/mol. The molecule has 2 aromatic heterocycles. The second kappa shape index (κ2) is 10.5. The molecular formula is C31H28Cl2FN3O4S. The summed E-state index contributed by atoms with van der Waals surface area (Å²) in [6.07, 6.45) is 4.72. The van der Waals surface area contributed by atoms with Gasteiger partial charge in [-0.2, -0.15) is 5.26 Å². The van der Waals surface area contributed by atoms with Gasteiger partial charge in [0.05, 0.1) is 45.2 Å². The maximum atomic E-state index is 14.8. The Morgan fingerprint density at radius 2 is 1.88 bits per heavy atom. The molecule has 7 rings (SSSR count). The molecular weight excluding hydrogens is 600 g/mol. The van der Waals surface area contributed by atoms with Gasteiger partial charge in [-0.25, -0.2) is 9.37 Å². The number of nitriles is 1. The molecule has 11 heteroatoms. The van der Waals surface area contributed by atoms with Crippen LogP contribution in [0.4, 0.5) is 4.39 Å². The van der Waals surface area contributed by atoms with Crippen molar-refractivity contribution in [2.24, 2.45) is 11.8 Å². The minimum absolute atomic E-state index is 0.159. The van der Waals surface area contributed by atoms with Gasteiger partial charge in [0.2, 0.25) is 0 Å². The lowest BCUT2D eigenvalue weighted by atomic mass is 9.68. The summed E-state index contributed by atoms with van der Waals surface area (Å²) in [5, 5.41) is 27.3. The number of ether oxygens (including phenoxy) is 2. The SMILES string of the molecule is COCC1(OCc2c(-c3c(Cl)cccc3Cl)noc2C2CC2)CC2CCC(C1)C2(O)c1nc2c(F)cc(C#N)cc2s1. The lowest BCUT2D eigenvalue weighted by molar-refractivity contribution is -0.183. The average Bonchev–Trinajstić information content (AvgIpc) is 3.53. The Bertz CT molecular complexity index is 1690. The first-order valence-electron chi connectivity index (χ1n) is 14.0. The van der Waals surface area contributed by atoms with Crippen LogP contribution in [0.25, 0.3) is 21.5 Å². The highest BCUT2D eigenvalue weighted by atomic mass is 35.5. The molecule has 42 heavy (non-hydrogen) atoms. The number of hydrogen-bond donors (Lipinski definition) is 1. The quantitative estimate of drug-likeness (QED) is 0.213. The predicted molar refractivity (Wildman–Crippen MR) is 157 cm³/mol. The van der Waals surface area contributed by atoms with Crippen LogP contribution < -0.4 is 0 Å². The van der Waals surface area contributed by atoms with E-state index >= 15 is 0 Å². The lowest BCUT2D eigenvalue weighted by Gasteiger charge is -2.47. The number of aliphatic hydroxyl groups is 1. The molecule has 0 aliphatic heterocycles. The summed E-state index contributed by atoms with van der Waals surface area (Å²) in [5.74, 6) is 0.224. The molecule has 0 radical (unpaired) electrons. The molecule has 3 aliphatic rings. The molecule has 0 amide bonds. The maximum absolute atomic E-state index is 14.8. The van der Waals surface area contributed by atoms with Gasteiger partial charge in [0, 0.05) is 24.2 Å². The first-order valence-corrected chi connectivity index (χ1v) is 15.6. The van der Waals surface area contributed by atoms with Crippen molar-refractivity contribution < 1.29 is 23.5 Å². The number of methoxy groups -OCH3 is 1. The molecule has 0 spiro atoms. The molecule has 3 saturated carbocycles. The normalized spacial score (nSPS) is 27.0. The van der Waals surface area contributed by atoms with Crippen LogP contribution in [0.5, 0.6) is 0 Å². The highest BCUT2D eigenvalue weighted by molar-refractivity contribution is 7.18. The van der Waals surface area contributed by atoms with Crippen molar-refractivity contribution >= 4 is 44.8 Å². The van der Waals surface area contributed by atoms with Crippen molar-refractivity contribution in [2.45, 2.75) is 62.3 Å². The van der Waals surface area contributed by atoms with E-state index in [1.54, 1.807) is 31.4 Å². The molecule has 7 nitrogen and oxygen atoms in total. The van der Waals surface area contributed by atoms with Crippen LogP contribution in [0.3, 0.4) is 0 Å². The first kappa shape index (κ1) is 28.2. The number of benzene rings is 2. The fourth-order valence-electron chi connectivity index (χ4n) is 7.06. The summed E-state index contributed by atoms with van der Waals surface area (Å²) in [4.78, 5) is 4.57. The van der Waals surface area contributed by atoms with Gasteiger partial charge < -0.3 is 19.1 Å². The van der Waals surface area contributed by atoms with E-state index in [0.717, 1.165) is 37.0 Å². The third-order valence-electron chi connectivity index (χ3n) is 9.16. The standard InChI is InChI=1S/C31H28Cl2FN3O4S/c1-39-15-30(40-14-20-26(37-41-28(20)17-5-6-17)25-21(32)3-2-4-22(25)33)11-18-7-8-19(12-30)31(18,38)29-36-27-23(34)9-16(13-35)10-24(27)42-29/h2-4,9-10,17-19,38H,5-8,11-12,14-15H2,1H3. The minimum Gasteiger partial charge on any atom is -0.382 e. The first-order chi connectivity index (χ1) is 20.3. The molecule has 218 valence electrons. The topological polar surface area (TPSA) is 101 Å². The lowest BCUT2D eigenvalue weighted by Crippen LogP contribution is -2.52. The Morgan fingerprint density at radius 3 is 2.52 bits per heavy atom. The summed E-state index contributed by atoms with van der Waals surface area (Å²) in [7, 11) is 1.65. The van der Waals surface area contributed by atoms with Crippen LogP contribution in [0.1, 0.15) is 66.3 Å². The molecule has 4 aromatic rings. The van der Waals surface area contributed by atoms with Crippen LogP contribution in [0.2, 0.25) is 10.0 Å². The van der Waals surface area contributed by atoms with Gasteiger partial charge in [-0.3, -0.25) is 0 Å². The monoisotopic (exact) mass is 627 g/mol. The largest absolute Gasteiger partial charge is 0.382 e. The number of aromatic nitrogens is 2. The Balaban J connectivity index is 1.20. The van der Waals surface area contributed by atoms with Crippen molar-refractivity contribution in [3.05, 3.63) is 68.1 Å². The Kier molecular flexibility index (Phi) is 7.08. The zero-order valence-electron chi connectivity index (χ0n) is 22.8. The predicted octanol–water partition coefficient (Wildman–Crippen LogP) is 7.76. The number of fused-ring (bicyclic) bond motifs is 3. The molecule has 3 fully saturated rings. The Morgan fingerprint density at radius 1 is 1.17 bits per heavy atom. The zero-order valence-corrected chi connectivity index (χ0v) is 25.2. The van der Waals surface area contributed by atoms with E-state index in [0.29, 0.717) is 50.5 Å². The molecule has 0 saturated heterocycles. The molecule has 2 unspecified atom stereocenters. The van der Waals surface area contributed by atoms with Gasteiger partial charge >= 0.3 is 0 Å². The summed E-state index contributed by atoms with van der Waals surface area (Å²) in [6.45, 7) is 0.582. The van der Waals surface area contributed by atoms with E-state index in [1.807, 2.05) is 6.07 Å². The van der Waals surface area contributed by atoms with Gasteiger partial charge in [-0.05, 0) is 74.6 Å². The Labute approximate surface area is 256 Å². The molecule has 2 bridgehead atoms. The number of rotatable bonds is 8. The molecule has 1 N–H and O–H groups in total. The van der Waals surface area contributed by atoms with Crippen molar-refractivity contribution in [2.75, 3.05) is 13.7 Å². The van der Waals surface area contributed by atoms with Crippen LogP contribution in [0.15, 0.2) is 34.9 Å². The molecule has 2 aromatic carbocycles. The fraction of sp³-hybridized carbons (Fsp3) is 0.452. The third kappa shape index (κ3) is 4.55.